The molecule has 0 amide bonds. The Morgan fingerprint density at radius 3 is 2.05 bits per heavy atom. The highest BCUT2D eigenvalue weighted by molar-refractivity contribution is 4.92. The van der Waals surface area contributed by atoms with E-state index < -0.39 is 0 Å². The van der Waals surface area contributed by atoms with Gasteiger partial charge in [-0.3, -0.25) is 4.90 Å². The van der Waals surface area contributed by atoms with Crippen molar-refractivity contribution in [1.82, 2.24) is 9.80 Å². The molecule has 0 bridgehead atoms. The van der Waals surface area contributed by atoms with Crippen LogP contribution in [0, 0.1) is 5.92 Å². The van der Waals surface area contributed by atoms with E-state index in [1.165, 1.54) is 19.3 Å². The first-order chi connectivity index (χ1) is 8.95. The Balaban J connectivity index is 4.90. The molecular formula is C16H37N3. The first-order valence-corrected chi connectivity index (χ1v) is 8.05. The van der Waals surface area contributed by atoms with Gasteiger partial charge in [0.05, 0.1) is 0 Å². The van der Waals surface area contributed by atoms with E-state index in [4.69, 9.17) is 5.73 Å². The van der Waals surface area contributed by atoms with E-state index in [0.29, 0.717) is 0 Å². The van der Waals surface area contributed by atoms with E-state index in [-0.39, 0.29) is 5.54 Å². The first kappa shape index (κ1) is 18.9. The van der Waals surface area contributed by atoms with Crippen molar-refractivity contribution in [2.24, 2.45) is 11.7 Å². The molecule has 0 aliphatic heterocycles. The second kappa shape index (κ2) is 9.73. The SMILES string of the molecule is CCCN(CCN(C)C)C(CC)(CN)CC(C)CC. The Morgan fingerprint density at radius 2 is 1.68 bits per heavy atom. The first-order valence-electron chi connectivity index (χ1n) is 8.05. The van der Waals surface area contributed by atoms with Crippen LogP contribution < -0.4 is 5.73 Å². The maximum atomic E-state index is 6.20. The van der Waals surface area contributed by atoms with Gasteiger partial charge in [-0.2, -0.15) is 0 Å². The third kappa shape index (κ3) is 6.24. The second-order valence-corrected chi connectivity index (χ2v) is 6.29. The molecule has 3 nitrogen and oxygen atoms in total. The number of hydrogen-bond donors (Lipinski definition) is 1. The number of nitrogens with two attached hydrogens (primary N) is 1. The van der Waals surface area contributed by atoms with E-state index in [1.807, 2.05) is 0 Å². The van der Waals surface area contributed by atoms with Gasteiger partial charge in [0.15, 0.2) is 0 Å². The lowest BCUT2D eigenvalue weighted by molar-refractivity contribution is 0.0594. The summed E-state index contributed by atoms with van der Waals surface area (Å²) >= 11 is 0. The molecular weight excluding hydrogens is 234 g/mol. The van der Waals surface area contributed by atoms with Crippen molar-refractivity contribution < 1.29 is 0 Å². The lowest BCUT2D eigenvalue weighted by Gasteiger charge is -2.45. The molecule has 19 heavy (non-hydrogen) atoms. The minimum absolute atomic E-state index is 0.196. The van der Waals surface area contributed by atoms with Gasteiger partial charge in [0.1, 0.15) is 0 Å². The van der Waals surface area contributed by atoms with Crippen LogP contribution in [-0.4, -0.2) is 55.6 Å². The molecule has 0 aromatic rings. The third-order valence-electron chi connectivity index (χ3n) is 4.44. The summed E-state index contributed by atoms with van der Waals surface area (Å²) in [7, 11) is 4.30. The smallest absolute Gasteiger partial charge is 0.0332 e. The van der Waals surface area contributed by atoms with Gasteiger partial charge in [0.2, 0.25) is 0 Å². The van der Waals surface area contributed by atoms with Crippen molar-refractivity contribution in [3.8, 4) is 0 Å². The molecule has 3 heteroatoms. The van der Waals surface area contributed by atoms with Crippen LogP contribution >= 0.6 is 0 Å². The quantitative estimate of drug-likeness (QED) is 0.627. The van der Waals surface area contributed by atoms with Crippen LogP contribution in [-0.2, 0) is 0 Å². The summed E-state index contributed by atoms with van der Waals surface area (Å²) in [5.41, 5.74) is 6.40. The summed E-state index contributed by atoms with van der Waals surface area (Å²) in [5, 5.41) is 0. The monoisotopic (exact) mass is 271 g/mol. The molecule has 116 valence electrons. The summed E-state index contributed by atoms with van der Waals surface area (Å²) < 4.78 is 0. The van der Waals surface area contributed by atoms with Crippen LogP contribution in [0.3, 0.4) is 0 Å². The molecule has 0 aliphatic carbocycles. The molecule has 0 fully saturated rings. The molecule has 2 unspecified atom stereocenters. The van der Waals surface area contributed by atoms with Crippen LogP contribution in [0.4, 0.5) is 0 Å². The van der Waals surface area contributed by atoms with Crippen molar-refractivity contribution in [3.05, 3.63) is 0 Å². The van der Waals surface area contributed by atoms with E-state index in [1.54, 1.807) is 0 Å². The molecule has 0 rings (SSSR count). The van der Waals surface area contributed by atoms with Gasteiger partial charge >= 0.3 is 0 Å². The fourth-order valence-corrected chi connectivity index (χ4v) is 2.82. The third-order valence-corrected chi connectivity index (χ3v) is 4.44. The highest BCUT2D eigenvalue weighted by Gasteiger charge is 2.34. The predicted octanol–water partition coefficient (Wildman–Crippen LogP) is 2.80. The lowest BCUT2D eigenvalue weighted by atomic mass is 9.83. The Kier molecular flexibility index (Phi) is 9.67. The molecule has 0 heterocycles. The maximum absolute atomic E-state index is 6.20. The van der Waals surface area contributed by atoms with Crippen molar-refractivity contribution in [2.75, 3.05) is 40.3 Å². The van der Waals surface area contributed by atoms with Gasteiger partial charge in [-0.1, -0.05) is 34.1 Å². The topological polar surface area (TPSA) is 32.5 Å². The van der Waals surface area contributed by atoms with Gasteiger partial charge < -0.3 is 10.6 Å². The molecule has 0 spiro atoms. The molecule has 0 aromatic carbocycles. The zero-order valence-electron chi connectivity index (χ0n) is 14.2. The number of rotatable bonds is 11. The molecule has 0 aliphatic rings. The Labute approximate surface area is 121 Å². The Hall–Kier alpha value is -0.120. The molecule has 0 radical (unpaired) electrons. The van der Waals surface area contributed by atoms with Crippen LogP contribution in [0.25, 0.3) is 0 Å². The van der Waals surface area contributed by atoms with Crippen molar-refractivity contribution in [3.63, 3.8) is 0 Å². The van der Waals surface area contributed by atoms with Crippen LogP contribution in [0.1, 0.15) is 53.4 Å². The Bertz CT molecular complexity index is 212. The molecule has 2 N–H and O–H groups in total. The van der Waals surface area contributed by atoms with E-state index >= 15 is 0 Å². The minimum Gasteiger partial charge on any atom is -0.329 e. The van der Waals surface area contributed by atoms with Gasteiger partial charge in [0.25, 0.3) is 0 Å². The van der Waals surface area contributed by atoms with Crippen molar-refractivity contribution in [2.45, 2.75) is 58.9 Å². The van der Waals surface area contributed by atoms with Gasteiger partial charge in [-0.25, -0.2) is 0 Å². The van der Waals surface area contributed by atoms with Gasteiger partial charge in [-0.05, 0) is 45.8 Å². The summed E-state index contributed by atoms with van der Waals surface area (Å²) in [5.74, 6) is 0.752. The number of nitrogens with zero attached hydrogens (tertiary/aromatic N) is 2. The van der Waals surface area contributed by atoms with E-state index in [9.17, 15) is 0 Å². The summed E-state index contributed by atoms with van der Waals surface area (Å²) in [6, 6.07) is 0. The number of hydrogen-bond acceptors (Lipinski definition) is 3. The highest BCUT2D eigenvalue weighted by Crippen LogP contribution is 2.28. The molecule has 2 atom stereocenters. The standard InChI is InChI=1S/C16H37N3/c1-7-10-19(12-11-18(5)6)16(9-3,14-17)13-15(4)8-2/h15H,7-14,17H2,1-6H3. The zero-order chi connectivity index (χ0) is 14.9. The van der Waals surface area contributed by atoms with Crippen LogP contribution in [0.15, 0.2) is 0 Å². The van der Waals surface area contributed by atoms with Crippen molar-refractivity contribution in [1.29, 1.82) is 0 Å². The maximum Gasteiger partial charge on any atom is 0.0332 e. The Morgan fingerprint density at radius 1 is 1.05 bits per heavy atom. The average molecular weight is 271 g/mol. The second-order valence-electron chi connectivity index (χ2n) is 6.29. The van der Waals surface area contributed by atoms with E-state index in [0.717, 1.165) is 38.5 Å². The van der Waals surface area contributed by atoms with Gasteiger partial charge in [-0.15, -0.1) is 0 Å². The number of likely N-dealkylation sites (N-methyl/N-ethyl adjacent to an activating group) is 1. The van der Waals surface area contributed by atoms with E-state index in [2.05, 4.69) is 51.6 Å². The molecule has 0 saturated carbocycles. The van der Waals surface area contributed by atoms with Gasteiger partial charge in [0, 0.05) is 25.2 Å². The van der Waals surface area contributed by atoms with Crippen LogP contribution in [0.2, 0.25) is 0 Å². The summed E-state index contributed by atoms with van der Waals surface area (Å²) in [6.45, 7) is 13.4. The lowest BCUT2D eigenvalue weighted by Crippen LogP contribution is -2.56. The zero-order valence-corrected chi connectivity index (χ0v) is 14.2. The average Bonchev–Trinajstić information content (AvgIpc) is 2.40. The summed E-state index contributed by atoms with van der Waals surface area (Å²) in [4.78, 5) is 4.92. The molecule has 0 saturated heterocycles. The summed E-state index contributed by atoms with van der Waals surface area (Å²) in [6.07, 6.45) is 4.83. The normalized spacial score (nSPS) is 16.9. The highest BCUT2D eigenvalue weighted by atomic mass is 15.2. The fourth-order valence-electron chi connectivity index (χ4n) is 2.82. The molecule has 0 aromatic heterocycles. The fraction of sp³-hybridized carbons (Fsp3) is 1.00. The van der Waals surface area contributed by atoms with Crippen molar-refractivity contribution >= 4 is 0 Å². The minimum atomic E-state index is 0.196. The predicted molar refractivity (Wildman–Crippen MR) is 86.6 cm³/mol. The largest absolute Gasteiger partial charge is 0.329 e. The van der Waals surface area contributed by atoms with Crippen LogP contribution in [0.5, 0.6) is 0 Å².